The Morgan fingerprint density at radius 2 is 2.44 bits per heavy atom. The summed E-state index contributed by atoms with van der Waals surface area (Å²) in [5, 5.41) is 9.45. The maximum Gasteiger partial charge on any atom is 0.226 e. The van der Waals surface area contributed by atoms with Crippen LogP contribution in [-0.2, 0) is 6.54 Å². The number of rotatable bonds is 5. The molecule has 0 aromatic carbocycles. The lowest BCUT2D eigenvalue weighted by Gasteiger charge is -2.21. The van der Waals surface area contributed by atoms with E-state index in [0.717, 1.165) is 23.8 Å². The molecule has 1 aliphatic carbocycles. The second kappa shape index (κ2) is 4.85. The first-order valence-electron chi connectivity index (χ1n) is 6.24. The van der Waals surface area contributed by atoms with E-state index < -0.39 is 0 Å². The van der Waals surface area contributed by atoms with Crippen LogP contribution in [0, 0.1) is 4.77 Å². The number of nitrogens with zero attached hydrogens (tertiary/aromatic N) is 3. The third kappa shape index (κ3) is 2.22. The molecule has 6 heteroatoms. The van der Waals surface area contributed by atoms with Gasteiger partial charge in [0.1, 0.15) is 0 Å². The number of aromatic nitrogens is 3. The Balaban J connectivity index is 1.89. The fraction of sp³-hybridized carbons (Fsp3) is 0.500. The van der Waals surface area contributed by atoms with Crippen molar-refractivity contribution in [3.63, 3.8) is 0 Å². The zero-order valence-corrected chi connectivity index (χ0v) is 11.9. The van der Waals surface area contributed by atoms with Crippen LogP contribution in [-0.4, -0.2) is 21.3 Å². The molecule has 18 heavy (non-hydrogen) atoms. The van der Waals surface area contributed by atoms with Crippen LogP contribution in [0.1, 0.15) is 30.7 Å². The molecular weight excluding hydrogens is 264 g/mol. The Morgan fingerprint density at radius 3 is 3.06 bits per heavy atom. The van der Waals surface area contributed by atoms with Gasteiger partial charge in [0.25, 0.3) is 0 Å². The summed E-state index contributed by atoms with van der Waals surface area (Å²) in [6.07, 6.45) is 2.44. The minimum absolute atomic E-state index is 0.559. The van der Waals surface area contributed by atoms with Crippen LogP contribution in [0.2, 0.25) is 0 Å². The molecule has 96 valence electrons. The molecule has 1 fully saturated rings. The summed E-state index contributed by atoms with van der Waals surface area (Å²) < 4.78 is 2.92. The first-order valence-corrected chi connectivity index (χ1v) is 7.52. The molecule has 4 nitrogen and oxygen atoms in total. The summed E-state index contributed by atoms with van der Waals surface area (Å²) in [4.78, 5) is 3.63. The molecule has 2 aromatic rings. The van der Waals surface area contributed by atoms with Gasteiger partial charge in [0.2, 0.25) is 5.95 Å². The van der Waals surface area contributed by atoms with Gasteiger partial charge in [0.15, 0.2) is 4.77 Å². The summed E-state index contributed by atoms with van der Waals surface area (Å²) in [6, 6.07) is 4.81. The summed E-state index contributed by atoms with van der Waals surface area (Å²) in [7, 11) is 0. The van der Waals surface area contributed by atoms with Crippen molar-refractivity contribution in [2.75, 3.05) is 11.4 Å². The molecule has 3 rings (SSSR count). The van der Waals surface area contributed by atoms with Crippen LogP contribution < -0.4 is 4.90 Å². The highest BCUT2D eigenvalue weighted by atomic mass is 32.1. The van der Waals surface area contributed by atoms with Crippen LogP contribution in [0.4, 0.5) is 5.95 Å². The molecule has 2 heterocycles. The van der Waals surface area contributed by atoms with Gasteiger partial charge in [-0.25, -0.2) is 5.10 Å². The molecule has 0 atom stereocenters. The van der Waals surface area contributed by atoms with Crippen LogP contribution in [0.15, 0.2) is 17.5 Å². The van der Waals surface area contributed by atoms with Crippen molar-refractivity contribution in [3.05, 3.63) is 27.2 Å². The lowest BCUT2D eigenvalue weighted by molar-refractivity contribution is 0.684. The van der Waals surface area contributed by atoms with Crippen molar-refractivity contribution in [1.29, 1.82) is 0 Å². The molecule has 0 unspecified atom stereocenters. The molecule has 1 N–H and O–H groups in total. The second-order valence-electron chi connectivity index (χ2n) is 4.52. The number of hydrogen-bond donors (Lipinski definition) is 1. The first-order chi connectivity index (χ1) is 8.79. The van der Waals surface area contributed by atoms with E-state index in [2.05, 4.69) is 44.1 Å². The van der Waals surface area contributed by atoms with Crippen molar-refractivity contribution >= 4 is 29.5 Å². The Bertz CT molecular complexity index is 565. The number of aromatic amines is 1. The van der Waals surface area contributed by atoms with Gasteiger partial charge in [-0.1, -0.05) is 6.07 Å². The summed E-state index contributed by atoms with van der Waals surface area (Å²) >= 11 is 7.11. The Hall–Kier alpha value is -1.14. The van der Waals surface area contributed by atoms with Crippen molar-refractivity contribution in [2.45, 2.75) is 32.4 Å². The molecule has 1 aliphatic rings. The molecule has 0 aliphatic heterocycles. The monoisotopic (exact) mass is 280 g/mol. The number of anilines is 1. The van der Waals surface area contributed by atoms with Crippen molar-refractivity contribution in [1.82, 2.24) is 14.8 Å². The maximum atomic E-state index is 5.33. The smallest absolute Gasteiger partial charge is 0.226 e. The Kier molecular flexibility index (Phi) is 3.22. The van der Waals surface area contributed by atoms with Gasteiger partial charge >= 0.3 is 0 Å². The molecule has 2 aromatic heterocycles. The minimum atomic E-state index is 0.559. The molecule has 0 radical (unpaired) electrons. The van der Waals surface area contributed by atoms with Crippen LogP contribution in [0.3, 0.4) is 0 Å². The lowest BCUT2D eigenvalue weighted by Crippen LogP contribution is -2.25. The highest BCUT2D eigenvalue weighted by Crippen LogP contribution is 2.38. The SMILES string of the molecule is CCN(Cc1cccs1)c1n[nH]c(=S)n1C1CC1. The standard InChI is InChI=1S/C12H16N4S2/c1-2-15(8-10-4-3-7-18-10)11-13-14-12(17)16(11)9-5-6-9/h3-4,7,9H,2,5-6,8H2,1H3,(H,14,17). The molecule has 0 bridgehead atoms. The van der Waals surface area contributed by atoms with E-state index in [0.29, 0.717) is 6.04 Å². The second-order valence-corrected chi connectivity index (χ2v) is 5.94. The Labute approximate surface area is 115 Å². The first kappa shape index (κ1) is 11.9. The number of hydrogen-bond acceptors (Lipinski definition) is 4. The van der Waals surface area contributed by atoms with Crippen LogP contribution >= 0.6 is 23.6 Å². The third-order valence-electron chi connectivity index (χ3n) is 3.19. The van der Waals surface area contributed by atoms with Gasteiger partial charge in [0.05, 0.1) is 6.54 Å². The van der Waals surface area contributed by atoms with E-state index in [4.69, 9.17) is 12.2 Å². The van der Waals surface area contributed by atoms with Crippen LogP contribution in [0.25, 0.3) is 0 Å². The maximum absolute atomic E-state index is 5.33. The number of H-pyrrole nitrogens is 1. The average molecular weight is 280 g/mol. The molecule has 0 spiro atoms. The highest BCUT2D eigenvalue weighted by Gasteiger charge is 2.29. The Morgan fingerprint density at radius 1 is 1.61 bits per heavy atom. The minimum Gasteiger partial charge on any atom is -0.336 e. The van der Waals surface area contributed by atoms with E-state index in [9.17, 15) is 0 Å². The van der Waals surface area contributed by atoms with E-state index in [1.165, 1.54) is 17.7 Å². The summed E-state index contributed by atoms with van der Waals surface area (Å²) in [6.45, 7) is 3.99. The molecule has 0 saturated heterocycles. The lowest BCUT2D eigenvalue weighted by atomic mass is 10.4. The largest absolute Gasteiger partial charge is 0.336 e. The normalized spacial score (nSPS) is 14.9. The zero-order chi connectivity index (χ0) is 12.5. The fourth-order valence-electron chi connectivity index (χ4n) is 2.10. The zero-order valence-electron chi connectivity index (χ0n) is 10.3. The fourth-order valence-corrected chi connectivity index (χ4v) is 3.09. The van der Waals surface area contributed by atoms with Gasteiger partial charge in [-0.2, -0.15) is 0 Å². The predicted octanol–water partition coefficient (Wildman–Crippen LogP) is 3.36. The predicted molar refractivity (Wildman–Crippen MR) is 76.7 cm³/mol. The van der Waals surface area contributed by atoms with Crippen molar-refractivity contribution in [2.24, 2.45) is 0 Å². The average Bonchev–Trinajstić information content (AvgIpc) is 2.93. The van der Waals surface area contributed by atoms with Crippen molar-refractivity contribution < 1.29 is 0 Å². The van der Waals surface area contributed by atoms with E-state index in [-0.39, 0.29) is 0 Å². The van der Waals surface area contributed by atoms with Gasteiger partial charge < -0.3 is 4.90 Å². The molecule has 0 amide bonds. The van der Waals surface area contributed by atoms with Gasteiger partial charge in [0, 0.05) is 17.5 Å². The quantitative estimate of drug-likeness (QED) is 0.853. The highest BCUT2D eigenvalue weighted by molar-refractivity contribution is 7.71. The summed E-state index contributed by atoms with van der Waals surface area (Å²) in [5.41, 5.74) is 0. The van der Waals surface area contributed by atoms with Gasteiger partial charge in [-0.3, -0.25) is 4.57 Å². The number of nitrogens with one attached hydrogen (secondary N) is 1. The molecule has 1 saturated carbocycles. The van der Waals surface area contributed by atoms with E-state index in [1.54, 1.807) is 11.3 Å². The molecular formula is C12H16N4S2. The number of thiophene rings is 1. The topological polar surface area (TPSA) is 36.9 Å². The van der Waals surface area contributed by atoms with Gasteiger partial charge in [-0.15, -0.1) is 16.4 Å². The van der Waals surface area contributed by atoms with E-state index in [1.807, 2.05) is 0 Å². The van der Waals surface area contributed by atoms with Crippen LogP contribution in [0.5, 0.6) is 0 Å². The van der Waals surface area contributed by atoms with Crippen molar-refractivity contribution in [3.8, 4) is 0 Å². The van der Waals surface area contributed by atoms with Gasteiger partial charge in [-0.05, 0) is 43.4 Å². The third-order valence-corrected chi connectivity index (χ3v) is 4.34. The summed E-state index contributed by atoms with van der Waals surface area (Å²) in [5.74, 6) is 0.985. The van der Waals surface area contributed by atoms with E-state index >= 15 is 0 Å².